The van der Waals surface area contributed by atoms with Gasteiger partial charge in [-0.15, -0.1) is 6.58 Å². The SMILES string of the molecule is C=CCC(C=C)OC(=O)COCCOCCOCC(=O)OC(C=CC)=CC. The van der Waals surface area contributed by atoms with E-state index in [2.05, 4.69) is 13.2 Å². The Hall–Kier alpha value is -2.22. The lowest BCUT2D eigenvalue weighted by molar-refractivity contribution is -0.152. The first-order valence-electron chi connectivity index (χ1n) is 8.73. The number of allylic oxidation sites excluding steroid dienone is 3. The van der Waals surface area contributed by atoms with Crippen molar-refractivity contribution in [1.29, 1.82) is 0 Å². The predicted octanol–water partition coefficient (Wildman–Crippen LogP) is 2.73. The lowest BCUT2D eigenvalue weighted by atomic mass is 10.2. The molecular weight excluding hydrogens is 352 g/mol. The first kappa shape index (κ1) is 24.8. The van der Waals surface area contributed by atoms with Crippen LogP contribution in [-0.2, 0) is 33.3 Å². The molecule has 0 spiro atoms. The Labute approximate surface area is 161 Å². The van der Waals surface area contributed by atoms with Crippen molar-refractivity contribution < 1.29 is 33.3 Å². The molecule has 0 aliphatic carbocycles. The van der Waals surface area contributed by atoms with Crippen molar-refractivity contribution in [2.24, 2.45) is 0 Å². The molecule has 0 heterocycles. The van der Waals surface area contributed by atoms with Crippen LogP contribution < -0.4 is 0 Å². The van der Waals surface area contributed by atoms with E-state index in [0.717, 1.165) is 0 Å². The van der Waals surface area contributed by atoms with Gasteiger partial charge in [0.25, 0.3) is 0 Å². The van der Waals surface area contributed by atoms with E-state index in [4.69, 9.17) is 23.7 Å². The minimum atomic E-state index is -0.475. The van der Waals surface area contributed by atoms with Crippen molar-refractivity contribution in [2.45, 2.75) is 26.4 Å². The summed E-state index contributed by atoms with van der Waals surface area (Å²) < 4.78 is 25.8. The normalized spacial score (nSPS) is 12.6. The van der Waals surface area contributed by atoms with Crippen LogP contribution >= 0.6 is 0 Å². The fraction of sp³-hybridized carbons (Fsp3) is 0.500. The molecule has 27 heavy (non-hydrogen) atoms. The molecule has 152 valence electrons. The van der Waals surface area contributed by atoms with Gasteiger partial charge >= 0.3 is 11.9 Å². The molecule has 0 radical (unpaired) electrons. The third-order valence-electron chi connectivity index (χ3n) is 2.98. The lowest BCUT2D eigenvalue weighted by Gasteiger charge is -2.12. The summed E-state index contributed by atoms with van der Waals surface area (Å²) in [5.74, 6) is -0.471. The van der Waals surface area contributed by atoms with Gasteiger partial charge in [0.05, 0.1) is 26.4 Å². The van der Waals surface area contributed by atoms with Crippen LogP contribution in [0.2, 0.25) is 0 Å². The minimum absolute atomic E-state index is 0.157. The maximum absolute atomic E-state index is 11.5. The van der Waals surface area contributed by atoms with Crippen molar-refractivity contribution in [3.05, 3.63) is 49.3 Å². The van der Waals surface area contributed by atoms with E-state index in [0.29, 0.717) is 25.4 Å². The maximum Gasteiger partial charge on any atom is 0.337 e. The number of hydrogen-bond donors (Lipinski definition) is 0. The van der Waals surface area contributed by atoms with Gasteiger partial charge in [-0.2, -0.15) is 0 Å². The second-order valence-corrected chi connectivity index (χ2v) is 5.17. The lowest BCUT2D eigenvalue weighted by Crippen LogP contribution is -2.21. The summed E-state index contributed by atoms with van der Waals surface area (Å²) >= 11 is 0. The van der Waals surface area contributed by atoms with Crippen LogP contribution in [0.5, 0.6) is 0 Å². The van der Waals surface area contributed by atoms with Gasteiger partial charge in [-0.3, -0.25) is 0 Å². The molecule has 0 bridgehead atoms. The van der Waals surface area contributed by atoms with Crippen LogP contribution in [0.15, 0.2) is 49.3 Å². The molecule has 0 saturated heterocycles. The summed E-state index contributed by atoms with van der Waals surface area (Å²) in [5.41, 5.74) is 0. The molecule has 0 aliphatic rings. The van der Waals surface area contributed by atoms with Gasteiger partial charge in [0.2, 0.25) is 0 Å². The van der Waals surface area contributed by atoms with E-state index < -0.39 is 11.9 Å². The van der Waals surface area contributed by atoms with Gasteiger partial charge in [-0.1, -0.05) is 24.8 Å². The van der Waals surface area contributed by atoms with Crippen molar-refractivity contribution in [3.8, 4) is 0 Å². The topological polar surface area (TPSA) is 80.3 Å². The summed E-state index contributed by atoms with van der Waals surface area (Å²) in [6.07, 6.45) is 8.47. The third kappa shape index (κ3) is 14.6. The zero-order valence-corrected chi connectivity index (χ0v) is 16.2. The number of ether oxygens (including phenoxy) is 5. The molecule has 1 atom stereocenters. The standard InChI is InChI=1S/C20H30O7/c1-5-9-17(7-3)26-19(21)15-24-13-11-23-12-14-25-16-20(22)27-18(8-4)10-6-2/h5-8,10,17H,1,3,9,11-16H2,2,4H3. The van der Waals surface area contributed by atoms with Crippen LogP contribution in [-0.4, -0.2) is 57.7 Å². The van der Waals surface area contributed by atoms with Gasteiger partial charge in [-0.25, -0.2) is 9.59 Å². The highest BCUT2D eigenvalue weighted by molar-refractivity contribution is 5.72. The highest BCUT2D eigenvalue weighted by Crippen LogP contribution is 2.01. The summed E-state index contributed by atoms with van der Waals surface area (Å²) in [5, 5.41) is 0. The predicted molar refractivity (Wildman–Crippen MR) is 102 cm³/mol. The Balaban J connectivity index is 3.59. The Morgan fingerprint density at radius 2 is 1.52 bits per heavy atom. The Morgan fingerprint density at radius 1 is 0.926 bits per heavy atom. The van der Waals surface area contributed by atoms with Crippen molar-refractivity contribution >= 4 is 11.9 Å². The van der Waals surface area contributed by atoms with Gasteiger partial charge < -0.3 is 23.7 Å². The van der Waals surface area contributed by atoms with Crippen molar-refractivity contribution in [1.82, 2.24) is 0 Å². The van der Waals surface area contributed by atoms with E-state index in [1.807, 2.05) is 6.92 Å². The van der Waals surface area contributed by atoms with Gasteiger partial charge in [0.15, 0.2) is 0 Å². The average Bonchev–Trinajstić information content (AvgIpc) is 2.65. The van der Waals surface area contributed by atoms with Crippen LogP contribution in [0.3, 0.4) is 0 Å². The molecule has 0 saturated carbocycles. The van der Waals surface area contributed by atoms with Gasteiger partial charge in [0.1, 0.15) is 25.1 Å². The number of carbonyl (C=O) groups excluding carboxylic acids is 2. The summed E-state index contributed by atoms with van der Waals surface area (Å²) in [7, 11) is 0. The smallest absolute Gasteiger partial charge is 0.337 e. The summed E-state index contributed by atoms with van der Waals surface area (Å²) in [6.45, 7) is 11.5. The number of carbonyl (C=O) groups is 2. The molecule has 0 fully saturated rings. The molecule has 7 heteroatoms. The minimum Gasteiger partial charge on any atom is -0.456 e. The fourth-order valence-electron chi connectivity index (χ4n) is 1.72. The Bertz CT molecular complexity index is 508. The number of esters is 2. The third-order valence-corrected chi connectivity index (χ3v) is 2.98. The molecule has 0 aromatic heterocycles. The van der Waals surface area contributed by atoms with E-state index in [-0.39, 0.29) is 32.5 Å². The molecule has 1 unspecified atom stereocenters. The number of rotatable bonds is 16. The second-order valence-electron chi connectivity index (χ2n) is 5.17. The first-order chi connectivity index (χ1) is 13.1. The molecule has 7 nitrogen and oxygen atoms in total. The summed E-state index contributed by atoms with van der Waals surface area (Å²) in [4.78, 5) is 23.0. The zero-order chi connectivity index (χ0) is 20.3. The van der Waals surface area contributed by atoms with Crippen LogP contribution in [0.1, 0.15) is 20.3 Å². The van der Waals surface area contributed by atoms with E-state index in [1.54, 1.807) is 37.3 Å². The van der Waals surface area contributed by atoms with Crippen LogP contribution in [0.25, 0.3) is 0 Å². The molecule has 0 aliphatic heterocycles. The average molecular weight is 382 g/mol. The first-order valence-corrected chi connectivity index (χ1v) is 8.73. The van der Waals surface area contributed by atoms with E-state index >= 15 is 0 Å². The van der Waals surface area contributed by atoms with Crippen LogP contribution in [0.4, 0.5) is 0 Å². The summed E-state index contributed by atoms with van der Waals surface area (Å²) in [6, 6.07) is 0. The Morgan fingerprint density at radius 3 is 2.04 bits per heavy atom. The Kier molecular flexibility index (Phi) is 15.8. The molecule has 0 aromatic carbocycles. The van der Waals surface area contributed by atoms with Crippen LogP contribution in [0, 0.1) is 0 Å². The molecule has 0 N–H and O–H groups in total. The van der Waals surface area contributed by atoms with Gasteiger partial charge in [0, 0.05) is 6.42 Å². The highest BCUT2D eigenvalue weighted by atomic mass is 16.6. The quantitative estimate of drug-likeness (QED) is 0.133. The highest BCUT2D eigenvalue weighted by Gasteiger charge is 2.09. The van der Waals surface area contributed by atoms with E-state index in [9.17, 15) is 9.59 Å². The van der Waals surface area contributed by atoms with Gasteiger partial charge in [-0.05, 0) is 26.0 Å². The zero-order valence-electron chi connectivity index (χ0n) is 16.2. The van der Waals surface area contributed by atoms with Crippen molar-refractivity contribution in [2.75, 3.05) is 39.6 Å². The number of hydrogen-bond acceptors (Lipinski definition) is 7. The molecule has 0 amide bonds. The van der Waals surface area contributed by atoms with E-state index in [1.165, 1.54) is 0 Å². The molecule has 0 aromatic rings. The van der Waals surface area contributed by atoms with Crippen molar-refractivity contribution in [3.63, 3.8) is 0 Å². The molecular formula is C20H30O7. The monoisotopic (exact) mass is 382 g/mol. The largest absolute Gasteiger partial charge is 0.456 e. The molecule has 0 rings (SSSR count). The fourth-order valence-corrected chi connectivity index (χ4v) is 1.72. The maximum atomic E-state index is 11.5. The second kappa shape index (κ2) is 17.2.